The van der Waals surface area contributed by atoms with Crippen LogP contribution in [-0.2, 0) is 6.42 Å². The molecule has 0 saturated heterocycles. The third kappa shape index (κ3) is 2.59. The van der Waals surface area contributed by atoms with Gasteiger partial charge in [-0.3, -0.25) is 0 Å². The number of rotatable bonds is 1. The second-order valence-electron chi connectivity index (χ2n) is 3.22. The smallest absolute Gasteiger partial charge is 0.225 e. The minimum atomic E-state index is 0.724. The van der Waals surface area contributed by atoms with Crippen molar-refractivity contribution in [2.45, 2.75) is 33.6 Å². The van der Waals surface area contributed by atoms with Gasteiger partial charge in [-0.1, -0.05) is 27.2 Å². The van der Waals surface area contributed by atoms with Crippen molar-refractivity contribution in [3.8, 4) is 0 Å². The maximum absolute atomic E-state index is 5.11. The van der Waals surface area contributed by atoms with Crippen molar-refractivity contribution in [2.24, 2.45) is 0 Å². The van der Waals surface area contributed by atoms with Gasteiger partial charge in [0.25, 0.3) is 0 Å². The number of nitrogens with zero attached hydrogens (tertiary/aromatic N) is 1. The van der Waals surface area contributed by atoms with Crippen molar-refractivity contribution in [1.82, 2.24) is 4.98 Å². The molecule has 14 heavy (non-hydrogen) atoms. The Labute approximate surface area is 85.0 Å². The maximum Gasteiger partial charge on any atom is 0.225 e. The molecule has 0 saturated carbocycles. The Morgan fingerprint density at radius 1 is 1.29 bits per heavy atom. The zero-order valence-corrected chi connectivity index (χ0v) is 9.08. The zero-order valence-electron chi connectivity index (χ0n) is 9.08. The van der Waals surface area contributed by atoms with E-state index in [9.17, 15) is 0 Å². The highest BCUT2D eigenvalue weighted by molar-refractivity contribution is 5.73. The molecule has 76 valence electrons. The van der Waals surface area contributed by atoms with Crippen LogP contribution in [0.1, 0.15) is 32.8 Å². The highest BCUT2D eigenvalue weighted by Gasteiger charge is 1.97. The van der Waals surface area contributed by atoms with Gasteiger partial charge in [0.15, 0.2) is 0 Å². The van der Waals surface area contributed by atoms with Gasteiger partial charge in [0.1, 0.15) is 0 Å². The normalized spacial score (nSPS) is 9.64. The number of furan rings is 1. The Hall–Kier alpha value is -1.31. The second kappa shape index (κ2) is 5.43. The van der Waals surface area contributed by atoms with Crippen LogP contribution in [0.25, 0.3) is 11.1 Å². The SMILES string of the molecule is CCC.CCc1cnc2occc2c1. The number of aromatic nitrogens is 1. The highest BCUT2D eigenvalue weighted by atomic mass is 16.3. The lowest BCUT2D eigenvalue weighted by Gasteiger charge is -1.92. The fourth-order valence-electron chi connectivity index (χ4n) is 1.10. The quantitative estimate of drug-likeness (QED) is 0.685. The number of pyridine rings is 1. The molecule has 0 aliphatic heterocycles. The van der Waals surface area contributed by atoms with Crippen LogP contribution in [0.4, 0.5) is 0 Å². The Morgan fingerprint density at radius 2 is 2.00 bits per heavy atom. The average molecular weight is 191 g/mol. The van der Waals surface area contributed by atoms with Gasteiger partial charge < -0.3 is 4.42 Å². The van der Waals surface area contributed by atoms with E-state index in [1.807, 2.05) is 12.3 Å². The predicted octanol–water partition coefficient (Wildman–Crippen LogP) is 3.81. The Bertz CT molecular complexity index is 378. The lowest BCUT2D eigenvalue weighted by molar-refractivity contribution is 0.603. The molecular formula is C12H17NO. The van der Waals surface area contributed by atoms with E-state index in [1.165, 1.54) is 12.0 Å². The van der Waals surface area contributed by atoms with Crippen LogP contribution in [0, 0.1) is 0 Å². The molecule has 0 aliphatic rings. The summed E-state index contributed by atoms with van der Waals surface area (Å²) < 4.78 is 5.11. The molecule has 0 fully saturated rings. The van der Waals surface area contributed by atoms with E-state index < -0.39 is 0 Å². The van der Waals surface area contributed by atoms with E-state index in [0.717, 1.165) is 17.5 Å². The number of aryl methyl sites for hydroxylation is 1. The monoisotopic (exact) mass is 191 g/mol. The minimum absolute atomic E-state index is 0.724. The summed E-state index contributed by atoms with van der Waals surface area (Å²) in [4.78, 5) is 4.15. The number of hydrogen-bond acceptors (Lipinski definition) is 2. The molecule has 2 aromatic heterocycles. The van der Waals surface area contributed by atoms with E-state index in [0.29, 0.717) is 0 Å². The lowest BCUT2D eigenvalue weighted by Crippen LogP contribution is -1.80. The molecule has 0 radical (unpaired) electrons. The molecule has 2 nitrogen and oxygen atoms in total. The van der Waals surface area contributed by atoms with Crippen molar-refractivity contribution in [3.05, 3.63) is 30.2 Å². The van der Waals surface area contributed by atoms with Gasteiger partial charge in [-0.2, -0.15) is 0 Å². The van der Waals surface area contributed by atoms with Crippen LogP contribution < -0.4 is 0 Å². The van der Waals surface area contributed by atoms with Crippen molar-refractivity contribution in [2.75, 3.05) is 0 Å². The summed E-state index contributed by atoms with van der Waals surface area (Å²) in [5.74, 6) is 0. The summed E-state index contributed by atoms with van der Waals surface area (Å²) in [5.41, 5.74) is 1.97. The lowest BCUT2D eigenvalue weighted by atomic mass is 10.2. The molecule has 0 atom stereocenters. The largest absolute Gasteiger partial charge is 0.446 e. The van der Waals surface area contributed by atoms with E-state index in [-0.39, 0.29) is 0 Å². The van der Waals surface area contributed by atoms with Gasteiger partial charge in [0, 0.05) is 11.6 Å². The molecule has 2 heterocycles. The van der Waals surface area contributed by atoms with Crippen LogP contribution in [0.5, 0.6) is 0 Å². The average Bonchev–Trinajstić information content (AvgIpc) is 2.65. The van der Waals surface area contributed by atoms with Crippen molar-refractivity contribution >= 4 is 11.1 Å². The standard InChI is InChI=1S/C9H9NO.C3H8/c1-2-7-5-8-3-4-11-9(8)10-6-7;1-3-2/h3-6H,2H2,1H3;3H2,1-2H3. The maximum atomic E-state index is 5.11. The van der Waals surface area contributed by atoms with E-state index in [4.69, 9.17) is 4.42 Å². The summed E-state index contributed by atoms with van der Waals surface area (Å²) in [6, 6.07) is 4.04. The third-order valence-corrected chi connectivity index (χ3v) is 1.77. The molecular weight excluding hydrogens is 174 g/mol. The highest BCUT2D eigenvalue weighted by Crippen LogP contribution is 2.13. The molecule has 0 spiro atoms. The van der Waals surface area contributed by atoms with Crippen molar-refractivity contribution < 1.29 is 4.42 Å². The molecule has 2 heteroatoms. The van der Waals surface area contributed by atoms with Crippen LogP contribution in [0.3, 0.4) is 0 Å². The summed E-state index contributed by atoms with van der Waals surface area (Å²) in [6.07, 6.45) is 5.79. The Kier molecular flexibility index (Phi) is 4.17. The van der Waals surface area contributed by atoms with Crippen molar-refractivity contribution in [1.29, 1.82) is 0 Å². The number of fused-ring (bicyclic) bond motifs is 1. The summed E-state index contributed by atoms with van der Waals surface area (Å²) in [6.45, 7) is 6.36. The van der Waals surface area contributed by atoms with Gasteiger partial charge >= 0.3 is 0 Å². The summed E-state index contributed by atoms with van der Waals surface area (Å²) in [5, 5.41) is 1.09. The molecule has 0 amide bonds. The first-order chi connectivity index (χ1) is 6.81. The van der Waals surface area contributed by atoms with Gasteiger partial charge in [-0.05, 0) is 24.1 Å². The minimum Gasteiger partial charge on any atom is -0.446 e. The first-order valence-electron chi connectivity index (χ1n) is 5.13. The Morgan fingerprint density at radius 3 is 2.64 bits per heavy atom. The first-order valence-corrected chi connectivity index (χ1v) is 5.13. The Balaban J connectivity index is 0.000000293. The molecule has 2 aromatic rings. The van der Waals surface area contributed by atoms with Crippen LogP contribution in [-0.4, -0.2) is 4.98 Å². The fourth-order valence-corrected chi connectivity index (χ4v) is 1.10. The first kappa shape index (κ1) is 10.8. The van der Waals surface area contributed by atoms with Gasteiger partial charge in [0.05, 0.1) is 6.26 Å². The van der Waals surface area contributed by atoms with Crippen LogP contribution in [0.15, 0.2) is 29.0 Å². The molecule has 2 rings (SSSR count). The molecule has 0 N–H and O–H groups in total. The fraction of sp³-hybridized carbons (Fsp3) is 0.417. The zero-order chi connectivity index (χ0) is 10.4. The van der Waals surface area contributed by atoms with E-state index in [2.05, 4.69) is 31.8 Å². The van der Waals surface area contributed by atoms with Crippen molar-refractivity contribution in [3.63, 3.8) is 0 Å². The molecule has 0 aromatic carbocycles. The van der Waals surface area contributed by atoms with E-state index >= 15 is 0 Å². The van der Waals surface area contributed by atoms with Crippen LogP contribution in [0.2, 0.25) is 0 Å². The van der Waals surface area contributed by atoms with E-state index in [1.54, 1.807) is 6.26 Å². The molecule has 0 bridgehead atoms. The molecule has 0 unspecified atom stereocenters. The van der Waals surface area contributed by atoms with Crippen LogP contribution >= 0.6 is 0 Å². The van der Waals surface area contributed by atoms with Gasteiger partial charge in [0.2, 0.25) is 5.71 Å². The summed E-state index contributed by atoms with van der Waals surface area (Å²) >= 11 is 0. The third-order valence-electron chi connectivity index (χ3n) is 1.77. The second-order valence-corrected chi connectivity index (χ2v) is 3.22. The predicted molar refractivity (Wildman–Crippen MR) is 59.4 cm³/mol. The van der Waals surface area contributed by atoms with Gasteiger partial charge in [-0.25, -0.2) is 4.98 Å². The number of hydrogen-bond donors (Lipinski definition) is 0. The van der Waals surface area contributed by atoms with Gasteiger partial charge in [-0.15, -0.1) is 0 Å². The molecule has 0 aliphatic carbocycles. The summed E-state index contributed by atoms with van der Waals surface area (Å²) in [7, 11) is 0. The topological polar surface area (TPSA) is 26.0 Å².